The first-order valence-electron chi connectivity index (χ1n) is 14.2. The van der Waals surface area contributed by atoms with Crippen LogP contribution in [0.2, 0.25) is 5.02 Å². The number of hydrogen-bond acceptors (Lipinski definition) is 3. The molecular formula is C34H39ClN2O2. The van der Waals surface area contributed by atoms with Crippen LogP contribution >= 0.6 is 11.6 Å². The third kappa shape index (κ3) is 6.57. The zero-order valence-corrected chi connectivity index (χ0v) is 24.1. The Morgan fingerprint density at radius 1 is 1.00 bits per heavy atom. The fourth-order valence-electron chi connectivity index (χ4n) is 5.41. The highest BCUT2D eigenvalue weighted by Crippen LogP contribution is 2.34. The van der Waals surface area contributed by atoms with Gasteiger partial charge in [0.15, 0.2) is 0 Å². The molecule has 39 heavy (non-hydrogen) atoms. The fourth-order valence-corrected chi connectivity index (χ4v) is 5.61. The molecule has 204 valence electrons. The third-order valence-corrected chi connectivity index (χ3v) is 8.42. The van der Waals surface area contributed by atoms with Crippen molar-refractivity contribution in [1.82, 2.24) is 10.2 Å². The van der Waals surface area contributed by atoms with Crippen molar-refractivity contribution in [2.75, 3.05) is 19.7 Å². The molecule has 5 rings (SSSR count). The number of aryl methyl sites for hydroxylation is 3. The van der Waals surface area contributed by atoms with Crippen LogP contribution in [0.4, 0.5) is 0 Å². The van der Waals surface area contributed by atoms with Crippen LogP contribution in [-0.2, 0) is 17.8 Å². The van der Waals surface area contributed by atoms with E-state index in [0.717, 1.165) is 66.1 Å². The Morgan fingerprint density at radius 2 is 1.74 bits per heavy atom. The normalized spacial score (nSPS) is 15.4. The maximum absolute atomic E-state index is 13.9. The van der Waals surface area contributed by atoms with Gasteiger partial charge in [0, 0.05) is 29.7 Å². The van der Waals surface area contributed by atoms with E-state index in [-0.39, 0.29) is 5.91 Å². The van der Waals surface area contributed by atoms with E-state index in [4.69, 9.17) is 16.3 Å². The van der Waals surface area contributed by atoms with Gasteiger partial charge in [0.1, 0.15) is 5.75 Å². The van der Waals surface area contributed by atoms with Crippen molar-refractivity contribution >= 4 is 23.1 Å². The molecule has 0 bridgehead atoms. The van der Waals surface area contributed by atoms with E-state index in [0.29, 0.717) is 25.7 Å². The molecule has 0 saturated heterocycles. The van der Waals surface area contributed by atoms with Crippen LogP contribution in [0.1, 0.15) is 59.1 Å². The molecule has 1 aliphatic heterocycles. The number of carbonyl (C=O) groups excluding carboxylic acids is 1. The summed E-state index contributed by atoms with van der Waals surface area (Å²) in [5.41, 5.74) is 9.20. The van der Waals surface area contributed by atoms with E-state index in [2.05, 4.69) is 62.5 Å². The molecule has 2 aliphatic rings. The molecule has 5 heteroatoms. The molecule has 3 aromatic rings. The summed E-state index contributed by atoms with van der Waals surface area (Å²) in [5, 5.41) is 4.15. The van der Waals surface area contributed by atoms with Crippen molar-refractivity contribution < 1.29 is 9.53 Å². The van der Waals surface area contributed by atoms with Gasteiger partial charge in [-0.15, -0.1) is 0 Å². The Morgan fingerprint density at radius 3 is 2.49 bits per heavy atom. The van der Waals surface area contributed by atoms with Crippen LogP contribution < -0.4 is 10.1 Å². The van der Waals surface area contributed by atoms with Crippen LogP contribution in [0.3, 0.4) is 0 Å². The topological polar surface area (TPSA) is 41.6 Å². The van der Waals surface area contributed by atoms with E-state index in [9.17, 15) is 4.79 Å². The first-order valence-corrected chi connectivity index (χ1v) is 14.6. The van der Waals surface area contributed by atoms with Crippen molar-refractivity contribution in [3.8, 4) is 5.75 Å². The maximum atomic E-state index is 13.9. The highest BCUT2D eigenvalue weighted by Gasteiger charge is 2.35. The average molecular weight is 543 g/mol. The third-order valence-electron chi connectivity index (χ3n) is 8.06. The molecule has 1 N–H and O–H groups in total. The van der Waals surface area contributed by atoms with Crippen molar-refractivity contribution in [2.45, 2.75) is 65.5 Å². The van der Waals surface area contributed by atoms with E-state index in [1.54, 1.807) is 0 Å². The Hall–Kier alpha value is -3.08. The number of ether oxygens (including phenoxy) is 1. The summed E-state index contributed by atoms with van der Waals surface area (Å²) in [5.74, 6) is 1.16. The summed E-state index contributed by atoms with van der Waals surface area (Å²) in [6.45, 7) is 9.12. The van der Waals surface area contributed by atoms with Crippen molar-refractivity contribution in [1.29, 1.82) is 0 Å². The first-order chi connectivity index (χ1) is 18.9. The number of halogens is 1. The lowest BCUT2D eigenvalue weighted by Gasteiger charge is -2.28. The molecule has 0 spiro atoms. The smallest absolute Gasteiger partial charge is 0.251 e. The van der Waals surface area contributed by atoms with Crippen LogP contribution in [-0.4, -0.2) is 36.5 Å². The van der Waals surface area contributed by atoms with E-state index >= 15 is 0 Å². The molecule has 0 aromatic heterocycles. The second-order valence-electron chi connectivity index (χ2n) is 10.9. The van der Waals surface area contributed by atoms with Gasteiger partial charge in [0.05, 0.1) is 6.61 Å². The lowest BCUT2D eigenvalue weighted by Crippen LogP contribution is -2.39. The molecular weight excluding hydrogens is 504 g/mol. The predicted molar refractivity (Wildman–Crippen MR) is 160 cm³/mol. The minimum Gasteiger partial charge on any atom is -0.493 e. The summed E-state index contributed by atoms with van der Waals surface area (Å²) in [7, 11) is 0. The number of nitrogens with one attached hydrogen (secondary N) is 1. The van der Waals surface area contributed by atoms with Gasteiger partial charge in [-0.2, -0.15) is 0 Å². The second-order valence-corrected chi connectivity index (χ2v) is 11.3. The summed E-state index contributed by atoms with van der Waals surface area (Å²) in [6, 6.07) is 21.2. The molecule has 0 unspecified atom stereocenters. The van der Waals surface area contributed by atoms with Gasteiger partial charge in [0.2, 0.25) is 0 Å². The standard InChI is InChI=1S/C34H39ClN2O2/c1-23-10-11-24(2)33(25(23)3)39-20-6-7-26-12-14-27(15-13-26)30-18-19-36-21-31(30)34(38)37(29-16-17-29)22-28-8-4-5-9-32(28)35/h4-5,8-15,29,36H,6-7,16-22H2,1-3H3. The quantitative estimate of drug-likeness (QED) is 0.275. The van der Waals surface area contributed by atoms with E-state index in [1.807, 2.05) is 29.2 Å². The SMILES string of the molecule is Cc1ccc(C)c(OCCCc2ccc(C3=C(C(=O)N(Cc4ccccc4Cl)C4CC4)CNCC3)cc2)c1C. The zero-order valence-electron chi connectivity index (χ0n) is 23.4. The number of amides is 1. The van der Waals surface area contributed by atoms with Crippen molar-refractivity contribution in [2.24, 2.45) is 0 Å². The lowest BCUT2D eigenvalue weighted by molar-refractivity contribution is -0.128. The predicted octanol–water partition coefficient (Wildman–Crippen LogP) is 7.21. The van der Waals surface area contributed by atoms with Gasteiger partial charge < -0.3 is 15.0 Å². The maximum Gasteiger partial charge on any atom is 0.251 e. The van der Waals surface area contributed by atoms with Crippen LogP contribution in [0, 0.1) is 20.8 Å². The summed E-state index contributed by atoms with van der Waals surface area (Å²) >= 11 is 6.45. The number of carbonyl (C=O) groups is 1. The highest BCUT2D eigenvalue weighted by atomic mass is 35.5. The van der Waals surface area contributed by atoms with Gasteiger partial charge in [-0.05, 0) is 104 Å². The summed E-state index contributed by atoms with van der Waals surface area (Å²) in [6.07, 6.45) is 4.90. The van der Waals surface area contributed by atoms with Crippen LogP contribution in [0.15, 0.2) is 66.2 Å². The van der Waals surface area contributed by atoms with Gasteiger partial charge in [0.25, 0.3) is 5.91 Å². The largest absolute Gasteiger partial charge is 0.493 e. The number of rotatable bonds is 10. The minimum atomic E-state index is 0.141. The second kappa shape index (κ2) is 12.4. The zero-order chi connectivity index (χ0) is 27.4. The minimum absolute atomic E-state index is 0.141. The Labute approximate surface area is 238 Å². The van der Waals surface area contributed by atoms with E-state index < -0.39 is 0 Å². The van der Waals surface area contributed by atoms with E-state index in [1.165, 1.54) is 27.8 Å². The summed E-state index contributed by atoms with van der Waals surface area (Å²) < 4.78 is 6.16. The molecule has 1 fully saturated rings. The highest BCUT2D eigenvalue weighted by molar-refractivity contribution is 6.31. The first kappa shape index (κ1) is 27.5. The molecule has 1 heterocycles. The number of hydrogen-bond donors (Lipinski definition) is 1. The van der Waals surface area contributed by atoms with Crippen LogP contribution in [0.5, 0.6) is 5.75 Å². The lowest BCUT2D eigenvalue weighted by atomic mass is 9.92. The number of benzene rings is 3. The molecule has 3 aromatic carbocycles. The van der Waals surface area contributed by atoms with Gasteiger partial charge >= 0.3 is 0 Å². The Bertz CT molecular complexity index is 1360. The van der Waals surface area contributed by atoms with Crippen molar-refractivity contribution in [3.05, 3.63) is 105 Å². The fraction of sp³-hybridized carbons (Fsp3) is 0.382. The molecule has 1 amide bonds. The van der Waals surface area contributed by atoms with Crippen LogP contribution in [0.25, 0.3) is 5.57 Å². The molecule has 0 radical (unpaired) electrons. The Kier molecular flexibility index (Phi) is 8.74. The van der Waals surface area contributed by atoms with Gasteiger partial charge in [-0.25, -0.2) is 0 Å². The number of nitrogens with zero attached hydrogens (tertiary/aromatic N) is 1. The van der Waals surface area contributed by atoms with Crippen molar-refractivity contribution in [3.63, 3.8) is 0 Å². The summed E-state index contributed by atoms with van der Waals surface area (Å²) in [4.78, 5) is 15.9. The molecule has 0 atom stereocenters. The Balaban J connectivity index is 1.26. The monoisotopic (exact) mass is 542 g/mol. The molecule has 4 nitrogen and oxygen atoms in total. The van der Waals surface area contributed by atoms with Gasteiger partial charge in [-0.3, -0.25) is 4.79 Å². The molecule has 1 aliphatic carbocycles. The molecule has 1 saturated carbocycles. The average Bonchev–Trinajstić information content (AvgIpc) is 3.80. The van der Waals surface area contributed by atoms with Gasteiger partial charge in [-0.1, -0.05) is 66.2 Å².